The third-order valence-corrected chi connectivity index (χ3v) is 5.14. The highest BCUT2D eigenvalue weighted by atomic mass is 32.2. The number of benzene rings is 1. The van der Waals surface area contributed by atoms with Gasteiger partial charge in [-0.25, -0.2) is 17.5 Å². The molecule has 1 rings (SSSR count). The van der Waals surface area contributed by atoms with Crippen LogP contribution in [-0.4, -0.2) is 37.7 Å². The average molecular weight is 322 g/mol. The topological polar surface area (TPSA) is 92.4 Å². The van der Waals surface area contributed by atoms with Crippen molar-refractivity contribution in [1.29, 1.82) is 0 Å². The first-order valence-corrected chi connectivity index (χ1v) is 8.73. The van der Waals surface area contributed by atoms with Crippen LogP contribution >= 0.6 is 11.8 Å². The lowest BCUT2D eigenvalue weighted by Gasteiger charge is -2.22. The molecule has 0 amide bonds. The van der Waals surface area contributed by atoms with E-state index in [9.17, 15) is 17.9 Å². The Kier molecular flexibility index (Phi) is 5.42. The molecule has 0 aromatic heterocycles. The van der Waals surface area contributed by atoms with Gasteiger partial charge in [-0.1, -0.05) is 0 Å². The number of hydrogen-bond acceptors (Lipinski definition) is 5. The Morgan fingerprint density at radius 1 is 1.50 bits per heavy atom. The first-order valence-electron chi connectivity index (χ1n) is 5.86. The van der Waals surface area contributed by atoms with Crippen LogP contribution in [0.3, 0.4) is 0 Å². The largest absolute Gasteiger partial charge is 0.396 e. The van der Waals surface area contributed by atoms with Gasteiger partial charge in [-0.2, -0.15) is 11.8 Å². The summed E-state index contributed by atoms with van der Waals surface area (Å²) in [6, 6.07) is 2.15. The molecular formula is C12H19FN2O3S2. The maximum atomic E-state index is 13.2. The van der Waals surface area contributed by atoms with Crippen LogP contribution in [0.2, 0.25) is 0 Å². The lowest BCUT2D eigenvalue weighted by molar-refractivity contribution is 0.0908. The standard InChI is InChI=1S/C12H19FN2O3S2/c1-8-4-9(13)10(14)5-11(8)20(17,18)15-6-12(2,16)7-19-3/h4-5,15-16H,6-7,14H2,1-3H3. The molecule has 0 aliphatic heterocycles. The first-order chi connectivity index (χ1) is 9.09. The zero-order valence-corrected chi connectivity index (χ0v) is 13.2. The Balaban J connectivity index is 2.98. The smallest absolute Gasteiger partial charge is 0.241 e. The van der Waals surface area contributed by atoms with E-state index in [1.54, 1.807) is 0 Å². The Labute approximate surface area is 122 Å². The van der Waals surface area contributed by atoms with Crippen molar-refractivity contribution in [3.05, 3.63) is 23.5 Å². The molecule has 0 bridgehead atoms. The number of hydrogen-bond donors (Lipinski definition) is 3. The Hall–Kier alpha value is -0.830. The van der Waals surface area contributed by atoms with E-state index in [1.165, 1.54) is 25.6 Å². The van der Waals surface area contributed by atoms with Crippen LogP contribution in [0.5, 0.6) is 0 Å². The van der Waals surface area contributed by atoms with Gasteiger partial charge in [0, 0.05) is 12.3 Å². The fourth-order valence-corrected chi connectivity index (χ4v) is 3.79. The van der Waals surface area contributed by atoms with Gasteiger partial charge in [-0.15, -0.1) is 0 Å². The molecule has 1 unspecified atom stereocenters. The summed E-state index contributed by atoms with van der Waals surface area (Å²) in [5.74, 6) is -0.268. The number of anilines is 1. The summed E-state index contributed by atoms with van der Waals surface area (Å²) in [6.45, 7) is 2.89. The first kappa shape index (κ1) is 17.2. The molecule has 0 aliphatic carbocycles. The predicted octanol–water partition coefficient (Wildman–Crippen LogP) is 1.11. The van der Waals surface area contributed by atoms with Crippen LogP contribution in [0.4, 0.5) is 10.1 Å². The maximum absolute atomic E-state index is 13.2. The molecule has 0 saturated heterocycles. The number of aryl methyl sites for hydroxylation is 1. The number of nitrogens with one attached hydrogen (secondary N) is 1. The van der Waals surface area contributed by atoms with Gasteiger partial charge in [-0.3, -0.25) is 0 Å². The number of aliphatic hydroxyl groups is 1. The number of nitrogen functional groups attached to an aromatic ring is 1. The zero-order valence-electron chi connectivity index (χ0n) is 11.6. The average Bonchev–Trinajstić information content (AvgIpc) is 2.31. The second-order valence-electron chi connectivity index (χ2n) is 4.89. The molecule has 20 heavy (non-hydrogen) atoms. The minimum Gasteiger partial charge on any atom is -0.396 e. The summed E-state index contributed by atoms with van der Waals surface area (Å²) in [5.41, 5.74) is 4.26. The van der Waals surface area contributed by atoms with Crippen molar-refractivity contribution in [3.63, 3.8) is 0 Å². The highest BCUT2D eigenvalue weighted by Gasteiger charge is 2.25. The Morgan fingerprint density at radius 2 is 2.10 bits per heavy atom. The number of rotatable bonds is 6. The third kappa shape index (κ3) is 4.34. The molecular weight excluding hydrogens is 303 g/mol. The molecule has 0 radical (unpaired) electrons. The molecule has 0 spiro atoms. The van der Waals surface area contributed by atoms with E-state index in [-0.39, 0.29) is 22.7 Å². The van der Waals surface area contributed by atoms with Crippen LogP contribution in [0.25, 0.3) is 0 Å². The molecule has 0 aliphatic rings. The van der Waals surface area contributed by atoms with Crippen LogP contribution in [0.1, 0.15) is 12.5 Å². The number of thioether (sulfide) groups is 1. The monoisotopic (exact) mass is 322 g/mol. The van der Waals surface area contributed by atoms with Gasteiger partial charge >= 0.3 is 0 Å². The van der Waals surface area contributed by atoms with Crippen molar-refractivity contribution in [2.24, 2.45) is 0 Å². The SMILES string of the molecule is CSCC(C)(O)CNS(=O)(=O)c1cc(N)c(F)cc1C. The van der Waals surface area contributed by atoms with Gasteiger partial charge in [0.25, 0.3) is 0 Å². The van der Waals surface area contributed by atoms with Crippen molar-refractivity contribution in [1.82, 2.24) is 4.72 Å². The van der Waals surface area contributed by atoms with Gasteiger partial charge in [0.2, 0.25) is 10.0 Å². The predicted molar refractivity (Wildman–Crippen MR) is 79.7 cm³/mol. The summed E-state index contributed by atoms with van der Waals surface area (Å²) in [6.07, 6.45) is 1.81. The molecule has 5 nitrogen and oxygen atoms in total. The Morgan fingerprint density at radius 3 is 2.65 bits per heavy atom. The van der Waals surface area contributed by atoms with Gasteiger partial charge in [0.05, 0.1) is 16.2 Å². The molecule has 1 atom stereocenters. The van der Waals surface area contributed by atoms with Gasteiger partial charge in [0.15, 0.2) is 0 Å². The molecule has 1 aromatic rings. The highest BCUT2D eigenvalue weighted by Crippen LogP contribution is 2.21. The number of sulfonamides is 1. The van der Waals surface area contributed by atoms with E-state index in [2.05, 4.69) is 4.72 Å². The number of nitrogens with two attached hydrogens (primary N) is 1. The van der Waals surface area contributed by atoms with Crippen molar-refractivity contribution in [2.45, 2.75) is 24.3 Å². The van der Waals surface area contributed by atoms with E-state index < -0.39 is 21.4 Å². The third-order valence-electron chi connectivity index (χ3n) is 2.68. The summed E-state index contributed by atoms with van der Waals surface area (Å²) in [4.78, 5) is -0.0867. The van der Waals surface area contributed by atoms with Crippen LogP contribution in [-0.2, 0) is 10.0 Å². The van der Waals surface area contributed by atoms with E-state index in [1.807, 2.05) is 6.26 Å². The van der Waals surface area contributed by atoms with Crippen LogP contribution < -0.4 is 10.5 Å². The minimum absolute atomic E-state index is 0.0867. The summed E-state index contributed by atoms with van der Waals surface area (Å²) in [7, 11) is -3.85. The lowest BCUT2D eigenvalue weighted by atomic mass is 10.1. The minimum atomic E-state index is -3.85. The van der Waals surface area contributed by atoms with Crippen molar-refractivity contribution in [2.75, 3.05) is 24.3 Å². The molecule has 0 saturated carbocycles. The molecule has 114 valence electrons. The molecule has 8 heteroatoms. The van der Waals surface area contributed by atoms with Crippen molar-refractivity contribution < 1.29 is 17.9 Å². The normalized spacial score (nSPS) is 15.1. The fourth-order valence-electron chi connectivity index (χ4n) is 1.65. The molecule has 0 fully saturated rings. The summed E-state index contributed by atoms with van der Waals surface area (Å²) in [5, 5.41) is 9.96. The summed E-state index contributed by atoms with van der Waals surface area (Å²) >= 11 is 1.41. The van der Waals surface area contributed by atoms with E-state index >= 15 is 0 Å². The van der Waals surface area contributed by atoms with Crippen molar-refractivity contribution in [3.8, 4) is 0 Å². The van der Waals surface area contributed by atoms with Crippen LogP contribution in [0.15, 0.2) is 17.0 Å². The van der Waals surface area contributed by atoms with E-state index in [0.29, 0.717) is 5.75 Å². The molecule has 0 heterocycles. The molecule has 4 N–H and O–H groups in total. The second kappa shape index (κ2) is 6.30. The fraction of sp³-hybridized carbons (Fsp3) is 0.500. The van der Waals surface area contributed by atoms with Crippen LogP contribution in [0, 0.1) is 12.7 Å². The Bertz CT molecular complexity index is 589. The van der Waals surface area contributed by atoms with E-state index in [0.717, 1.165) is 12.1 Å². The van der Waals surface area contributed by atoms with Gasteiger partial charge < -0.3 is 10.8 Å². The maximum Gasteiger partial charge on any atom is 0.241 e. The van der Waals surface area contributed by atoms with E-state index in [4.69, 9.17) is 5.73 Å². The second-order valence-corrected chi connectivity index (χ2v) is 7.50. The lowest BCUT2D eigenvalue weighted by Crippen LogP contribution is -2.42. The summed E-state index contributed by atoms with van der Waals surface area (Å²) < 4.78 is 39.9. The van der Waals surface area contributed by atoms with Gasteiger partial charge in [-0.05, 0) is 37.8 Å². The quantitative estimate of drug-likeness (QED) is 0.682. The van der Waals surface area contributed by atoms with Gasteiger partial charge in [0.1, 0.15) is 5.82 Å². The molecule has 1 aromatic carbocycles. The van der Waals surface area contributed by atoms with Crippen molar-refractivity contribution >= 4 is 27.5 Å². The highest BCUT2D eigenvalue weighted by molar-refractivity contribution is 7.98. The zero-order chi connectivity index (χ0) is 15.6. The number of halogens is 1.